The van der Waals surface area contributed by atoms with Crippen LogP contribution in [-0.4, -0.2) is 26.9 Å². The topological polar surface area (TPSA) is 29.5 Å². The molecule has 0 heterocycles. The number of aliphatic hydroxyl groups excluding tert-OH is 1. The first kappa shape index (κ1) is 6.92. The van der Waals surface area contributed by atoms with Crippen LogP contribution in [0.1, 0.15) is 13.8 Å². The van der Waals surface area contributed by atoms with E-state index in [1.165, 1.54) is 0 Å². The van der Waals surface area contributed by atoms with Gasteiger partial charge in [-0.15, -0.1) is 0 Å². The first-order chi connectivity index (χ1) is 3.83. The van der Waals surface area contributed by atoms with Crippen molar-refractivity contribution >= 4 is 0 Å². The number of aliphatic hydroxyl groups is 1. The Bertz CT molecular complexity index is 18.4. The lowest BCUT2D eigenvalue weighted by Crippen LogP contribution is -1.73. The second-order valence-electron chi connectivity index (χ2n) is 0.866. The molecule has 0 bridgehead atoms. The van der Waals surface area contributed by atoms with Crippen LogP contribution in [0.25, 0.3) is 0 Å². The van der Waals surface area contributed by atoms with Gasteiger partial charge in [-0.1, -0.05) is 0 Å². The van der Waals surface area contributed by atoms with Crippen LogP contribution in [-0.2, 0) is 4.74 Å². The molecule has 0 unspecified atom stereocenters. The first-order valence-electron chi connectivity index (χ1n) is 2.81. The fourth-order valence-electron chi connectivity index (χ4n) is 0. The van der Waals surface area contributed by atoms with Crippen LogP contribution < -0.4 is 0 Å². The van der Waals surface area contributed by atoms with Gasteiger partial charge < -0.3 is 9.85 Å². The lowest BCUT2D eigenvalue weighted by molar-refractivity contribution is 0.215. The summed E-state index contributed by atoms with van der Waals surface area (Å²) >= 11 is 0. The second-order valence-corrected chi connectivity index (χ2v) is 0.866. The van der Waals surface area contributed by atoms with Crippen LogP contribution in [0.5, 0.6) is 0 Å². The first-order valence-corrected chi connectivity index (χ1v) is 2.40. The minimum atomic E-state index is 0.486. The van der Waals surface area contributed by atoms with Gasteiger partial charge >= 0.3 is 0 Å². The fourth-order valence-corrected chi connectivity index (χ4v) is 0. The summed E-state index contributed by atoms with van der Waals surface area (Å²) in [4.78, 5) is 0. The molecule has 0 spiro atoms. The Balaban J connectivity index is 0. The van der Waals surface area contributed by atoms with Gasteiger partial charge in [-0.05, 0) is 13.8 Å². The van der Waals surface area contributed by atoms with E-state index in [2.05, 4.69) is 9.85 Å². The summed E-state index contributed by atoms with van der Waals surface area (Å²) < 4.78 is 10.5. The second kappa shape index (κ2) is 16.8. The Labute approximate surface area is 46.6 Å². The third-order valence-electron chi connectivity index (χ3n) is 0.289. The van der Waals surface area contributed by atoms with E-state index in [0.717, 1.165) is 6.61 Å². The van der Waals surface area contributed by atoms with Crippen molar-refractivity contribution in [1.29, 1.82) is 1.43 Å². The molecule has 0 amide bonds. The van der Waals surface area contributed by atoms with E-state index < -0.39 is 0 Å². The van der Waals surface area contributed by atoms with E-state index in [4.69, 9.17) is 1.43 Å². The third kappa shape index (κ3) is 107. The number of rotatable bonds is 2. The maximum atomic E-state index is 5.95. The van der Waals surface area contributed by atoms with Crippen LogP contribution >= 0.6 is 0 Å². The predicted octanol–water partition coefficient (Wildman–Crippen LogP) is 0.651. The smallest absolute Gasteiger partial charge is 0.210 e. The highest BCUT2D eigenvalue weighted by atomic mass is 16.5. The van der Waals surface area contributed by atoms with Crippen LogP contribution in [0.4, 0.5) is 0 Å². The number of ether oxygens (including phenoxy) is 1. The molecule has 46 valence electrons. The molecule has 2 heteroatoms. The zero-order chi connectivity index (χ0) is 6.83. The molecule has 0 radical (unpaired) electrons. The number of hydrogen-bond donors (Lipinski definition) is 1. The van der Waals surface area contributed by atoms with Gasteiger partial charge in [-0.2, -0.15) is 0 Å². The van der Waals surface area contributed by atoms with E-state index >= 15 is 0 Å². The molecule has 0 aliphatic rings. The molecule has 0 aromatic rings. The van der Waals surface area contributed by atoms with Gasteiger partial charge in [0.05, 0.1) is 0 Å². The molecule has 0 aromatic carbocycles. The van der Waals surface area contributed by atoms with Crippen molar-refractivity contribution in [2.75, 3.05) is 20.3 Å². The summed E-state index contributed by atoms with van der Waals surface area (Å²) in [5, 5.41) is 3.79. The standard InChI is InChI=1S/C3H8O.C2H6O/c1-3-4-2;1-2-3/h3H2,1-2H3;3H,2H2,1H3/i;3D. The van der Waals surface area contributed by atoms with Crippen molar-refractivity contribution in [1.82, 2.24) is 0 Å². The summed E-state index contributed by atoms with van der Waals surface area (Å²) in [6, 6.07) is 0. The van der Waals surface area contributed by atoms with E-state index in [1.807, 2.05) is 6.92 Å². The van der Waals surface area contributed by atoms with Gasteiger partial charge in [0.1, 0.15) is 0 Å². The Hall–Kier alpha value is -0.0800. The van der Waals surface area contributed by atoms with Crippen molar-refractivity contribution in [3.05, 3.63) is 0 Å². The fraction of sp³-hybridized carbons (Fsp3) is 1.00. The quantitative estimate of drug-likeness (QED) is 0.561. The molecule has 0 fully saturated rings. The highest BCUT2D eigenvalue weighted by Gasteiger charge is 1.51. The van der Waals surface area contributed by atoms with Crippen molar-refractivity contribution in [3.63, 3.8) is 0 Å². The normalized spacial score (nSPS) is 8.71. The van der Waals surface area contributed by atoms with Crippen molar-refractivity contribution in [2.24, 2.45) is 0 Å². The van der Waals surface area contributed by atoms with Crippen LogP contribution in [0, 0.1) is 0 Å². The molecular weight excluding hydrogens is 92.1 g/mol. The Morgan fingerprint density at radius 3 is 2.00 bits per heavy atom. The zero-order valence-electron chi connectivity index (χ0n) is 6.23. The molecule has 0 aromatic heterocycles. The largest absolute Gasteiger partial charge is 0.397 e. The Morgan fingerprint density at radius 1 is 1.71 bits per heavy atom. The van der Waals surface area contributed by atoms with Crippen LogP contribution in [0.3, 0.4) is 0 Å². The van der Waals surface area contributed by atoms with E-state index in [-0.39, 0.29) is 0 Å². The lowest BCUT2D eigenvalue weighted by atomic mass is 10.9. The van der Waals surface area contributed by atoms with E-state index in [0.29, 0.717) is 6.61 Å². The predicted molar refractivity (Wildman–Crippen MR) is 30.3 cm³/mol. The molecule has 0 aliphatic carbocycles. The minimum Gasteiger partial charge on any atom is -0.397 e. The number of hydrogen-bond acceptors (Lipinski definition) is 2. The van der Waals surface area contributed by atoms with Gasteiger partial charge in [-0.25, -0.2) is 0 Å². The average molecular weight is 107 g/mol. The molecular formula is C5H14O2. The Kier molecular flexibility index (Phi) is 16.6. The number of methoxy groups -OCH3 is 1. The summed E-state index contributed by atoms with van der Waals surface area (Å²) in [5.74, 6) is 0. The summed E-state index contributed by atoms with van der Waals surface area (Å²) in [6.45, 7) is 5.03. The Morgan fingerprint density at radius 2 is 2.00 bits per heavy atom. The van der Waals surface area contributed by atoms with Crippen molar-refractivity contribution < 1.29 is 9.85 Å². The molecule has 0 rings (SSSR count). The SMILES string of the molecule is CCOC.[2H]OCC. The minimum absolute atomic E-state index is 0.486. The highest BCUT2D eigenvalue weighted by molar-refractivity contribution is 3.94. The van der Waals surface area contributed by atoms with E-state index in [1.54, 1.807) is 14.0 Å². The monoisotopic (exact) mass is 107 g/mol. The van der Waals surface area contributed by atoms with Gasteiger partial charge in [-0.3, -0.25) is 0 Å². The maximum Gasteiger partial charge on any atom is 0.210 e. The van der Waals surface area contributed by atoms with Crippen molar-refractivity contribution in [2.45, 2.75) is 13.8 Å². The molecule has 1 N–H and O–H groups in total. The van der Waals surface area contributed by atoms with Crippen molar-refractivity contribution in [3.8, 4) is 0 Å². The zero-order valence-corrected chi connectivity index (χ0v) is 5.23. The molecule has 0 atom stereocenters. The van der Waals surface area contributed by atoms with Gasteiger partial charge in [0, 0.05) is 20.3 Å². The summed E-state index contributed by atoms with van der Waals surface area (Å²) in [5.41, 5.74) is 0. The van der Waals surface area contributed by atoms with Gasteiger partial charge in [0.25, 0.3) is 0 Å². The molecule has 0 aliphatic heterocycles. The molecule has 0 saturated carbocycles. The highest BCUT2D eigenvalue weighted by Crippen LogP contribution is 1.52. The maximum absolute atomic E-state index is 5.95. The molecule has 0 saturated heterocycles. The van der Waals surface area contributed by atoms with Crippen LogP contribution in [0.2, 0.25) is 0 Å². The summed E-state index contributed by atoms with van der Waals surface area (Å²) in [6.07, 6.45) is 0. The van der Waals surface area contributed by atoms with Gasteiger partial charge in [0.2, 0.25) is 1.43 Å². The molecule has 2 nitrogen and oxygen atoms in total. The summed E-state index contributed by atoms with van der Waals surface area (Å²) in [7, 11) is 1.68. The third-order valence-corrected chi connectivity index (χ3v) is 0.289. The van der Waals surface area contributed by atoms with Gasteiger partial charge in [0.15, 0.2) is 0 Å². The molecule has 7 heavy (non-hydrogen) atoms. The van der Waals surface area contributed by atoms with Crippen LogP contribution in [0.15, 0.2) is 0 Å². The lowest BCUT2D eigenvalue weighted by Gasteiger charge is -1.76. The average Bonchev–Trinajstić information content (AvgIpc) is 1.88. The van der Waals surface area contributed by atoms with E-state index in [9.17, 15) is 0 Å².